The molecule has 2 rings (SSSR count). The predicted octanol–water partition coefficient (Wildman–Crippen LogP) is 3.75. The second kappa shape index (κ2) is 6.99. The topological polar surface area (TPSA) is 47.6 Å². The number of benzene rings is 2. The van der Waals surface area contributed by atoms with Crippen LogP contribution in [0.25, 0.3) is 0 Å². The minimum absolute atomic E-state index is 0.336. The number of halogens is 1. The largest absolute Gasteiger partial charge is 0.495 e. The lowest BCUT2D eigenvalue weighted by atomic mass is 10.1. The summed E-state index contributed by atoms with van der Waals surface area (Å²) in [7, 11) is 2.95. The van der Waals surface area contributed by atoms with E-state index in [1.165, 1.54) is 7.11 Å². The van der Waals surface area contributed by atoms with Crippen molar-refractivity contribution < 1.29 is 14.3 Å². The molecule has 0 radical (unpaired) electrons. The summed E-state index contributed by atoms with van der Waals surface area (Å²) in [6.45, 7) is 0.631. The van der Waals surface area contributed by atoms with Gasteiger partial charge in [-0.2, -0.15) is 0 Å². The first kappa shape index (κ1) is 15.2. The SMILES string of the molecule is COC(=O)c1ccc(CNc2ccc(Cl)c(OC)c2)cc1. The average molecular weight is 306 g/mol. The van der Waals surface area contributed by atoms with Gasteiger partial charge >= 0.3 is 5.97 Å². The molecule has 0 aliphatic carbocycles. The predicted molar refractivity (Wildman–Crippen MR) is 83.1 cm³/mol. The Kier molecular flexibility index (Phi) is 5.06. The Morgan fingerprint density at radius 3 is 2.48 bits per heavy atom. The first-order valence-corrected chi connectivity index (χ1v) is 6.76. The molecule has 4 nitrogen and oxygen atoms in total. The monoisotopic (exact) mass is 305 g/mol. The van der Waals surface area contributed by atoms with Crippen molar-refractivity contribution in [3.05, 3.63) is 58.6 Å². The number of methoxy groups -OCH3 is 2. The van der Waals surface area contributed by atoms with E-state index >= 15 is 0 Å². The summed E-state index contributed by atoms with van der Waals surface area (Å²) in [5, 5.41) is 3.85. The van der Waals surface area contributed by atoms with Crippen molar-refractivity contribution in [2.24, 2.45) is 0 Å². The van der Waals surface area contributed by atoms with Crippen LogP contribution >= 0.6 is 11.6 Å². The molecule has 0 bridgehead atoms. The van der Waals surface area contributed by atoms with Crippen molar-refractivity contribution in [1.82, 2.24) is 0 Å². The van der Waals surface area contributed by atoms with Crippen LogP contribution in [0, 0.1) is 0 Å². The van der Waals surface area contributed by atoms with E-state index in [0.29, 0.717) is 22.9 Å². The van der Waals surface area contributed by atoms with E-state index in [1.54, 1.807) is 25.3 Å². The number of carbonyl (C=O) groups excluding carboxylic acids is 1. The maximum Gasteiger partial charge on any atom is 0.337 e. The van der Waals surface area contributed by atoms with Crippen molar-refractivity contribution in [3.8, 4) is 5.75 Å². The van der Waals surface area contributed by atoms with Gasteiger partial charge in [0.2, 0.25) is 0 Å². The van der Waals surface area contributed by atoms with Gasteiger partial charge in [-0.25, -0.2) is 4.79 Å². The van der Waals surface area contributed by atoms with E-state index < -0.39 is 0 Å². The van der Waals surface area contributed by atoms with Crippen molar-refractivity contribution in [2.75, 3.05) is 19.5 Å². The minimum Gasteiger partial charge on any atom is -0.495 e. The van der Waals surface area contributed by atoms with Crippen LogP contribution in [0.5, 0.6) is 5.75 Å². The van der Waals surface area contributed by atoms with E-state index in [9.17, 15) is 4.79 Å². The second-order valence-corrected chi connectivity index (χ2v) is 4.80. The zero-order chi connectivity index (χ0) is 15.2. The van der Waals surface area contributed by atoms with Crippen LogP contribution < -0.4 is 10.1 Å². The number of rotatable bonds is 5. The second-order valence-electron chi connectivity index (χ2n) is 4.39. The van der Waals surface area contributed by atoms with Crippen LogP contribution in [0.15, 0.2) is 42.5 Å². The summed E-state index contributed by atoms with van der Waals surface area (Å²) in [4.78, 5) is 11.3. The molecule has 21 heavy (non-hydrogen) atoms. The van der Waals surface area contributed by atoms with Gasteiger partial charge in [0.05, 0.1) is 24.8 Å². The minimum atomic E-state index is -0.336. The number of ether oxygens (including phenoxy) is 2. The molecule has 0 fully saturated rings. The molecule has 0 aliphatic heterocycles. The van der Waals surface area contributed by atoms with Crippen LogP contribution in [-0.4, -0.2) is 20.2 Å². The summed E-state index contributed by atoms with van der Waals surface area (Å²) in [6, 6.07) is 12.7. The fourth-order valence-corrected chi connectivity index (χ4v) is 2.05. The normalized spacial score (nSPS) is 10.0. The first-order chi connectivity index (χ1) is 10.1. The van der Waals surface area contributed by atoms with Gasteiger partial charge in [0.25, 0.3) is 0 Å². The molecule has 0 heterocycles. The zero-order valence-electron chi connectivity index (χ0n) is 11.9. The lowest BCUT2D eigenvalue weighted by Crippen LogP contribution is -2.03. The molecular weight excluding hydrogens is 290 g/mol. The first-order valence-electron chi connectivity index (χ1n) is 6.38. The van der Waals surface area contributed by atoms with Crippen molar-refractivity contribution in [2.45, 2.75) is 6.54 Å². The summed E-state index contributed by atoms with van der Waals surface area (Å²) in [6.07, 6.45) is 0. The van der Waals surface area contributed by atoms with E-state index in [2.05, 4.69) is 10.1 Å². The maximum absolute atomic E-state index is 11.3. The highest BCUT2D eigenvalue weighted by Gasteiger charge is 2.05. The fourth-order valence-electron chi connectivity index (χ4n) is 1.85. The molecule has 1 N–H and O–H groups in total. The lowest BCUT2D eigenvalue weighted by molar-refractivity contribution is 0.0600. The molecule has 0 aliphatic rings. The van der Waals surface area contributed by atoms with Crippen molar-refractivity contribution in [3.63, 3.8) is 0 Å². The molecular formula is C16H16ClNO3. The van der Waals surface area contributed by atoms with Crippen LogP contribution in [0.1, 0.15) is 15.9 Å². The third-order valence-corrected chi connectivity index (χ3v) is 3.34. The summed E-state index contributed by atoms with van der Waals surface area (Å²) in [5.74, 6) is 0.291. The highest BCUT2D eigenvalue weighted by molar-refractivity contribution is 6.32. The van der Waals surface area contributed by atoms with Crippen LogP contribution in [0.2, 0.25) is 5.02 Å². The van der Waals surface area contributed by atoms with Crippen LogP contribution in [0.4, 0.5) is 5.69 Å². The molecule has 0 unspecified atom stereocenters. The molecule has 2 aromatic rings. The van der Waals surface area contributed by atoms with Gasteiger partial charge in [-0.15, -0.1) is 0 Å². The Balaban J connectivity index is 2.01. The average Bonchev–Trinajstić information content (AvgIpc) is 2.53. The van der Waals surface area contributed by atoms with Gasteiger partial charge in [-0.3, -0.25) is 0 Å². The Morgan fingerprint density at radius 2 is 1.86 bits per heavy atom. The molecule has 110 valence electrons. The van der Waals surface area contributed by atoms with Crippen LogP contribution in [0.3, 0.4) is 0 Å². The molecule has 0 saturated carbocycles. The third kappa shape index (κ3) is 3.89. The molecule has 5 heteroatoms. The zero-order valence-corrected chi connectivity index (χ0v) is 12.6. The third-order valence-electron chi connectivity index (χ3n) is 3.02. The summed E-state index contributed by atoms with van der Waals surface area (Å²) < 4.78 is 9.83. The van der Waals surface area contributed by atoms with Crippen LogP contribution in [-0.2, 0) is 11.3 Å². The van der Waals surface area contributed by atoms with E-state index in [-0.39, 0.29) is 5.97 Å². The number of carbonyl (C=O) groups is 1. The van der Waals surface area contributed by atoms with Crippen molar-refractivity contribution in [1.29, 1.82) is 0 Å². The van der Waals surface area contributed by atoms with Gasteiger partial charge in [0.15, 0.2) is 0 Å². The van der Waals surface area contributed by atoms with Crippen molar-refractivity contribution >= 4 is 23.3 Å². The van der Waals surface area contributed by atoms with E-state index in [1.807, 2.05) is 24.3 Å². The van der Waals surface area contributed by atoms with Gasteiger partial charge in [-0.05, 0) is 29.8 Å². The van der Waals surface area contributed by atoms with Gasteiger partial charge in [0, 0.05) is 18.3 Å². The Labute approximate surface area is 128 Å². The fraction of sp³-hybridized carbons (Fsp3) is 0.188. The maximum atomic E-state index is 11.3. The molecule has 0 aromatic heterocycles. The van der Waals surface area contributed by atoms with Gasteiger partial charge < -0.3 is 14.8 Å². The number of hydrogen-bond donors (Lipinski definition) is 1. The smallest absolute Gasteiger partial charge is 0.337 e. The summed E-state index contributed by atoms with van der Waals surface area (Å²) in [5.41, 5.74) is 2.50. The lowest BCUT2D eigenvalue weighted by Gasteiger charge is -2.09. The number of hydrogen-bond acceptors (Lipinski definition) is 4. The van der Waals surface area contributed by atoms with Gasteiger partial charge in [-0.1, -0.05) is 23.7 Å². The molecule has 0 amide bonds. The Bertz CT molecular complexity index is 626. The number of esters is 1. The standard InChI is InChI=1S/C16H16ClNO3/c1-20-15-9-13(7-8-14(15)17)18-10-11-3-5-12(6-4-11)16(19)21-2/h3-9,18H,10H2,1-2H3. The molecule has 0 saturated heterocycles. The summed E-state index contributed by atoms with van der Waals surface area (Å²) >= 11 is 5.98. The molecule has 0 spiro atoms. The molecule has 0 atom stereocenters. The number of nitrogens with one attached hydrogen (secondary N) is 1. The Morgan fingerprint density at radius 1 is 1.14 bits per heavy atom. The van der Waals surface area contributed by atoms with E-state index in [0.717, 1.165) is 11.3 Å². The number of anilines is 1. The highest BCUT2D eigenvalue weighted by Crippen LogP contribution is 2.27. The Hall–Kier alpha value is -2.20. The van der Waals surface area contributed by atoms with Gasteiger partial charge in [0.1, 0.15) is 5.75 Å². The highest BCUT2D eigenvalue weighted by atomic mass is 35.5. The quantitative estimate of drug-likeness (QED) is 0.855. The molecule has 2 aromatic carbocycles. The van der Waals surface area contributed by atoms with E-state index in [4.69, 9.17) is 16.3 Å².